The second-order valence-corrected chi connectivity index (χ2v) is 10.8. The second kappa shape index (κ2) is 13.8. The molecule has 2 atom stereocenters. The lowest BCUT2D eigenvalue weighted by molar-refractivity contribution is -0.689. The average molecular weight is 507 g/mol. The van der Waals surface area contributed by atoms with E-state index in [1.54, 1.807) is 17.5 Å². The van der Waals surface area contributed by atoms with Gasteiger partial charge in [-0.1, -0.05) is 32.9 Å². The van der Waals surface area contributed by atoms with Gasteiger partial charge in [0.1, 0.15) is 22.5 Å². The van der Waals surface area contributed by atoms with Gasteiger partial charge in [-0.15, -0.1) is 0 Å². The molecule has 11 heteroatoms. The maximum atomic E-state index is 8.98. The zero-order chi connectivity index (χ0) is 21.3. The molecule has 0 bridgehead atoms. The molecule has 4 heterocycles. The van der Waals surface area contributed by atoms with Crippen molar-refractivity contribution in [2.24, 2.45) is 0 Å². The highest BCUT2D eigenvalue weighted by atomic mass is 35.5. The minimum absolute atomic E-state index is 0. The van der Waals surface area contributed by atoms with E-state index in [-0.39, 0.29) is 19.0 Å². The molecule has 174 valence electrons. The molecule has 0 amide bonds. The number of aryl methyl sites for hydroxylation is 1. The zero-order valence-corrected chi connectivity index (χ0v) is 21.2. The van der Waals surface area contributed by atoms with Gasteiger partial charge in [0.25, 0.3) is 0 Å². The molecule has 0 radical (unpaired) electrons. The predicted octanol–water partition coefficient (Wildman–Crippen LogP) is 0.253. The number of aliphatic hydroxyl groups excluding tert-OH is 1. The zero-order valence-electron chi connectivity index (χ0n) is 18.0. The van der Waals surface area contributed by atoms with Crippen molar-refractivity contribution in [3.05, 3.63) is 33.7 Å². The van der Waals surface area contributed by atoms with E-state index in [0.717, 1.165) is 24.5 Å². The van der Waals surface area contributed by atoms with Gasteiger partial charge < -0.3 is 32.7 Å². The smallest absolute Gasteiger partial charge is 0.225 e. The van der Waals surface area contributed by atoms with Gasteiger partial charge in [-0.25, -0.2) is 9.97 Å². The Bertz CT molecular complexity index is 784. The van der Waals surface area contributed by atoms with E-state index < -0.39 is 0 Å². The van der Waals surface area contributed by atoms with Gasteiger partial charge >= 0.3 is 0 Å². The van der Waals surface area contributed by atoms with E-state index in [1.165, 1.54) is 30.6 Å². The maximum absolute atomic E-state index is 8.98. The van der Waals surface area contributed by atoms with Crippen LogP contribution in [0.4, 0.5) is 5.82 Å². The third-order valence-corrected chi connectivity index (χ3v) is 8.95. The minimum Gasteiger partial charge on any atom is -1.00 e. The lowest BCUT2D eigenvalue weighted by atomic mass is 10.2. The maximum Gasteiger partial charge on any atom is 0.225 e. The van der Waals surface area contributed by atoms with Gasteiger partial charge in [-0.05, 0) is 32.6 Å². The molecule has 7 nitrogen and oxygen atoms in total. The number of hydrogen-bond acceptors (Lipinski definition) is 9. The Hall–Kier alpha value is -0.620. The summed E-state index contributed by atoms with van der Waals surface area (Å²) in [5.41, 5.74) is 10.9. The Kier molecular flexibility index (Phi) is 11.9. The lowest BCUT2D eigenvalue weighted by Gasteiger charge is -2.11. The fourth-order valence-corrected chi connectivity index (χ4v) is 6.85. The fraction of sp³-hybridized carbons (Fsp3) is 0.650. The average Bonchev–Trinajstić information content (AvgIpc) is 3.48. The summed E-state index contributed by atoms with van der Waals surface area (Å²) in [6.45, 7) is 6.61. The third kappa shape index (κ3) is 8.34. The molecule has 2 aliphatic heterocycles. The summed E-state index contributed by atoms with van der Waals surface area (Å²) in [5.74, 6) is 1.22. The normalized spacial score (nSPS) is 20.2. The van der Waals surface area contributed by atoms with Gasteiger partial charge in [-0.2, -0.15) is 4.57 Å². The first kappa shape index (κ1) is 26.6. The highest BCUT2D eigenvalue weighted by Crippen LogP contribution is 2.39. The van der Waals surface area contributed by atoms with E-state index in [9.17, 15) is 0 Å². The topological polar surface area (TPSA) is 94.4 Å². The number of rotatable bonds is 7. The molecule has 2 aliphatic rings. The largest absolute Gasteiger partial charge is 1.00 e. The molecule has 0 aromatic carbocycles. The summed E-state index contributed by atoms with van der Waals surface area (Å²) in [5, 5.41) is 8.98. The summed E-state index contributed by atoms with van der Waals surface area (Å²) in [6, 6.07) is 0. The van der Waals surface area contributed by atoms with Crippen molar-refractivity contribution in [3.63, 3.8) is 0 Å². The van der Waals surface area contributed by atoms with Crippen LogP contribution in [0.15, 0.2) is 11.7 Å². The molecule has 3 N–H and O–H groups in total. The first-order chi connectivity index (χ1) is 14.6. The van der Waals surface area contributed by atoms with Crippen LogP contribution in [0, 0.1) is 13.8 Å². The molecule has 31 heavy (non-hydrogen) atoms. The number of thiazole rings is 1. The minimum atomic E-state index is 0. The molecule has 2 aromatic heterocycles. The number of aliphatic hydroxyl groups is 1. The number of nitrogen functional groups attached to an aromatic ring is 1. The van der Waals surface area contributed by atoms with Gasteiger partial charge in [0.2, 0.25) is 5.51 Å². The molecule has 4 rings (SSSR count). The summed E-state index contributed by atoms with van der Waals surface area (Å²) in [6.07, 6.45) is 7.35. The highest BCUT2D eigenvalue weighted by Gasteiger charge is 2.21. The van der Waals surface area contributed by atoms with Gasteiger partial charge in [-0.3, -0.25) is 0 Å². The molecular formula is C20H31ClN4O3S3. The highest BCUT2D eigenvalue weighted by molar-refractivity contribution is 8.77. The summed E-state index contributed by atoms with van der Waals surface area (Å²) < 4.78 is 13.1. The van der Waals surface area contributed by atoms with Crippen LogP contribution in [0.2, 0.25) is 0 Å². The molecule has 2 saturated heterocycles. The summed E-state index contributed by atoms with van der Waals surface area (Å²) in [7, 11) is 3.70. The molecule has 0 saturated carbocycles. The number of hydrogen-bond donors (Lipinski definition) is 2. The van der Waals surface area contributed by atoms with Crippen LogP contribution < -0.4 is 22.7 Å². The first-order valence-corrected chi connectivity index (χ1v) is 13.4. The quantitative estimate of drug-likeness (QED) is 0.408. The first-order valence-electron chi connectivity index (χ1n) is 10.3. The fourth-order valence-electron chi connectivity index (χ4n) is 3.14. The van der Waals surface area contributed by atoms with Crippen molar-refractivity contribution in [1.29, 1.82) is 0 Å². The van der Waals surface area contributed by atoms with E-state index in [0.29, 0.717) is 35.5 Å². The summed E-state index contributed by atoms with van der Waals surface area (Å²) >= 11 is 1.65. The van der Waals surface area contributed by atoms with Gasteiger partial charge in [0.15, 0.2) is 12.2 Å². The number of nitrogens with zero attached hydrogens (tertiary/aromatic N) is 3. The number of nitrogens with two attached hydrogens (primary N) is 1. The van der Waals surface area contributed by atoms with Crippen molar-refractivity contribution in [2.75, 3.05) is 25.6 Å². The number of ether oxygens (including phenoxy) is 2. The Morgan fingerprint density at radius 2 is 1.84 bits per heavy atom. The van der Waals surface area contributed by atoms with Crippen LogP contribution in [-0.4, -0.2) is 45.8 Å². The van der Waals surface area contributed by atoms with Crippen molar-refractivity contribution >= 4 is 38.7 Å². The number of halogens is 1. The van der Waals surface area contributed by atoms with Gasteiger partial charge in [0, 0.05) is 39.4 Å². The Balaban J connectivity index is 0.000000229. The molecule has 2 unspecified atom stereocenters. The van der Waals surface area contributed by atoms with Crippen molar-refractivity contribution in [2.45, 2.75) is 63.4 Å². The van der Waals surface area contributed by atoms with Crippen LogP contribution >= 0.6 is 32.9 Å². The second-order valence-electron chi connectivity index (χ2n) is 7.24. The van der Waals surface area contributed by atoms with Crippen molar-refractivity contribution < 1.29 is 31.6 Å². The third-order valence-electron chi connectivity index (χ3n) is 4.90. The monoisotopic (exact) mass is 506 g/mol. The molecule has 0 aliphatic carbocycles. The van der Waals surface area contributed by atoms with Crippen LogP contribution in [0.5, 0.6) is 0 Å². The van der Waals surface area contributed by atoms with E-state index in [2.05, 4.69) is 14.5 Å². The van der Waals surface area contributed by atoms with Crippen molar-refractivity contribution in [3.8, 4) is 0 Å². The van der Waals surface area contributed by atoms with Crippen LogP contribution in [-0.2, 0) is 22.4 Å². The molecule has 0 spiro atoms. The van der Waals surface area contributed by atoms with E-state index in [1.807, 2.05) is 40.9 Å². The SMILES string of the molecule is C1COC(SSC2CCCO2)C1.Cc1ncc(C[n+]2csc(CCO)c2C)c(N)n1.[Cl-]. The number of anilines is 1. The predicted molar refractivity (Wildman–Crippen MR) is 123 cm³/mol. The van der Waals surface area contributed by atoms with E-state index in [4.69, 9.17) is 20.3 Å². The van der Waals surface area contributed by atoms with Gasteiger partial charge in [0.05, 0.1) is 10.4 Å². The lowest BCUT2D eigenvalue weighted by Crippen LogP contribution is -3.00. The van der Waals surface area contributed by atoms with Crippen LogP contribution in [0.1, 0.15) is 47.6 Å². The Morgan fingerprint density at radius 3 is 2.35 bits per heavy atom. The Morgan fingerprint density at radius 1 is 1.19 bits per heavy atom. The molecule has 2 aromatic rings. The van der Waals surface area contributed by atoms with Crippen molar-refractivity contribution in [1.82, 2.24) is 9.97 Å². The molecular weight excluding hydrogens is 476 g/mol. The summed E-state index contributed by atoms with van der Waals surface area (Å²) in [4.78, 5) is 9.53. The standard InChI is InChI=1S/C12H17N4OS.C8H14O2S2.ClH/c1-8-11(3-4-17)18-7-16(8)6-10-5-14-9(2)15-12(10)13;1-3-7(9-5-1)11-12-8-4-2-6-10-8;/h5,7,17H,3-4,6H2,1-2H3,(H2,13,14,15);7-8H,1-6H2;1H/q+1;;/p-1. The number of aromatic nitrogens is 3. The Labute approximate surface area is 202 Å². The van der Waals surface area contributed by atoms with E-state index >= 15 is 0 Å². The van der Waals surface area contributed by atoms with Crippen LogP contribution in [0.25, 0.3) is 0 Å². The van der Waals surface area contributed by atoms with Crippen LogP contribution in [0.3, 0.4) is 0 Å². The molecule has 2 fully saturated rings.